The molecule has 4 nitrogen and oxygen atoms in total. The smallest absolute Gasteiger partial charge is 0.374 e. The van der Waals surface area contributed by atoms with Crippen LogP contribution in [0.3, 0.4) is 0 Å². The predicted molar refractivity (Wildman–Crippen MR) is 95.1 cm³/mol. The third-order valence-electron chi connectivity index (χ3n) is 3.33. The minimum Gasteiger partial charge on any atom is -0.484 e. The van der Waals surface area contributed by atoms with Crippen LogP contribution in [0.5, 0.6) is 5.75 Å². The molecular formula is C19H14Cl2O4. The van der Waals surface area contributed by atoms with E-state index in [1.165, 1.54) is 0 Å². The summed E-state index contributed by atoms with van der Waals surface area (Å²) in [4.78, 5) is 12.0. The Kier molecular flexibility index (Phi) is 5.64. The van der Waals surface area contributed by atoms with Gasteiger partial charge >= 0.3 is 5.97 Å². The molecule has 0 aliphatic rings. The Morgan fingerprint density at radius 2 is 1.80 bits per heavy atom. The Hall–Kier alpha value is -2.43. The van der Waals surface area contributed by atoms with Crippen molar-refractivity contribution in [2.24, 2.45) is 0 Å². The quantitative estimate of drug-likeness (QED) is 0.531. The SMILES string of the molecule is O=C(OCc1cccc(Cl)c1)c1ccc(COc2ccccc2Cl)o1. The van der Waals surface area contributed by atoms with Gasteiger partial charge in [0.2, 0.25) is 5.76 Å². The van der Waals surface area contributed by atoms with E-state index in [1.807, 2.05) is 18.2 Å². The second kappa shape index (κ2) is 8.10. The first-order valence-electron chi connectivity index (χ1n) is 7.49. The maximum absolute atomic E-state index is 12.0. The summed E-state index contributed by atoms with van der Waals surface area (Å²) in [7, 11) is 0. The van der Waals surface area contributed by atoms with E-state index in [2.05, 4.69) is 0 Å². The number of benzene rings is 2. The van der Waals surface area contributed by atoms with Crippen molar-refractivity contribution in [1.29, 1.82) is 0 Å². The summed E-state index contributed by atoms with van der Waals surface area (Å²) in [6, 6.07) is 17.4. The molecule has 0 atom stereocenters. The fourth-order valence-electron chi connectivity index (χ4n) is 2.12. The fourth-order valence-corrected chi connectivity index (χ4v) is 2.53. The van der Waals surface area contributed by atoms with Crippen LogP contribution in [0, 0.1) is 0 Å². The molecule has 6 heteroatoms. The van der Waals surface area contributed by atoms with E-state index in [4.69, 9.17) is 37.1 Å². The molecule has 0 amide bonds. The molecule has 1 aromatic heterocycles. The second-order valence-corrected chi connectivity index (χ2v) is 6.03. The lowest BCUT2D eigenvalue weighted by Gasteiger charge is -2.06. The third kappa shape index (κ3) is 4.78. The van der Waals surface area contributed by atoms with Crippen LogP contribution in [0.1, 0.15) is 21.9 Å². The summed E-state index contributed by atoms with van der Waals surface area (Å²) < 4.78 is 16.2. The maximum Gasteiger partial charge on any atom is 0.374 e. The van der Waals surface area contributed by atoms with Crippen molar-refractivity contribution >= 4 is 29.2 Å². The van der Waals surface area contributed by atoms with Gasteiger partial charge in [0, 0.05) is 5.02 Å². The third-order valence-corrected chi connectivity index (χ3v) is 3.88. The van der Waals surface area contributed by atoms with Gasteiger partial charge in [0.25, 0.3) is 0 Å². The Morgan fingerprint density at radius 3 is 2.60 bits per heavy atom. The zero-order valence-electron chi connectivity index (χ0n) is 13.1. The molecular weight excluding hydrogens is 363 g/mol. The average molecular weight is 377 g/mol. The number of ether oxygens (including phenoxy) is 2. The van der Waals surface area contributed by atoms with Gasteiger partial charge in [0.1, 0.15) is 24.7 Å². The molecule has 0 fully saturated rings. The Labute approximate surface area is 154 Å². The molecule has 25 heavy (non-hydrogen) atoms. The van der Waals surface area contributed by atoms with Crippen LogP contribution in [-0.2, 0) is 18.0 Å². The highest BCUT2D eigenvalue weighted by Crippen LogP contribution is 2.24. The van der Waals surface area contributed by atoms with E-state index < -0.39 is 5.97 Å². The van der Waals surface area contributed by atoms with E-state index in [-0.39, 0.29) is 19.0 Å². The number of hydrogen-bond donors (Lipinski definition) is 0. The number of halogens is 2. The van der Waals surface area contributed by atoms with Gasteiger partial charge in [0.05, 0.1) is 5.02 Å². The predicted octanol–water partition coefficient (Wildman–Crippen LogP) is 5.52. The van der Waals surface area contributed by atoms with Gasteiger partial charge in [-0.3, -0.25) is 0 Å². The molecule has 0 spiro atoms. The van der Waals surface area contributed by atoms with E-state index in [0.29, 0.717) is 21.6 Å². The van der Waals surface area contributed by atoms with Crippen LogP contribution in [0.25, 0.3) is 0 Å². The summed E-state index contributed by atoms with van der Waals surface area (Å²) >= 11 is 11.9. The number of carbonyl (C=O) groups excluding carboxylic acids is 1. The van der Waals surface area contributed by atoms with Gasteiger partial charge in [-0.25, -0.2) is 4.79 Å². The summed E-state index contributed by atoms with van der Waals surface area (Å²) in [5, 5.41) is 1.10. The molecule has 0 unspecified atom stereocenters. The Bertz CT molecular complexity index is 873. The molecule has 3 aromatic rings. The lowest BCUT2D eigenvalue weighted by molar-refractivity contribution is 0.0432. The molecule has 3 rings (SSSR count). The molecule has 0 saturated carbocycles. The van der Waals surface area contributed by atoms with Crippen LogP contribution in [0.2, 0.25) is 10.0 Å². The van der Waals surface area contributed by atoms with Gasteiger partial charge in [0.15, 0.2) is 0 Å². The number of hydrogen-bond acceptors (Lipinski definition) is 4. The number of para-hydroxylation sites is 1. The van der Waals surface area contributed by atoms with Crippen molar-refractivity contribution in [3.05, 3.63) is 87.8 Å². The number of esters is 1. The highest BCUT2D eigenvalue weighted by molar-refractivity contribution is 6.32. The van der Waals surface area contributed by atoms with Crippen LogP contribution in [0.15, 0.2) is 65.1 Å². The lowest BCUT2D eigenvalue weighted by Crippen LogP contribution is -2.04. The monoisotopic (exact) mass is 376 g/mol. The molecule has 0 aliphatic carbocycles. The Morgan fingerprint density at radius 1 is 0.960 bits per heavy atom. The van der Waals surface area contributed by atoms with E-state index in [0.717, 1.165) is 5.56 Å². The van der Waals surface area contributed by atoms with Crippen LogP contribution < -0.4 is 4.74 Å². The molecule has 2 aromatic carbocycles. The first-order chi connectivity index (χ1) is 12.1. The van der Waals surface area contributed by atoms with Gasteiger partial charge in [-0.2, -0.15) is 0 Å². The molecule has 128 valence electrons. The van der Waals surface area contributed by atoms with Crippen molar-refractivity contribution in [2.75, 3.05) is 0 Å². The molecule has 0 saturated heterocycles. The first-order valence-corrected chi connectivity index (χ1v) is 8.25. The molecule has 0 aliphatic heterocycles. The molecule has 1 heterocycles. The highest BCUT2D eigenvalue weighted by Gasteiger charge is 2.13. The van der Waals surface area contributed by atoms with Gasteiger partial charge in [-0.1, -0.05) is 47.5 Å². The average Bonchev–Trinajstić information content (AvgIpc) is 3.08. The fraction of sp³-hybridized carbons (Fsp3) is 0.105. The number of furan rings is 1. The normalized spacial score (nSPS) is 10.5. The lowest BCUT2D eigenvalue weighted by atomic mass is 10.2. The minimum atomic E-state index is -0.552. The molecule has 0 radical (unpaired) electrons. The van der Waals surface area contributed by atoms with Crippen molar-refractivity contribution in [3.63, 3.8) is 0 Å². The summed E-state index contributed by atoms with van der Waals surface area (Å²) in [6.45, 7) is 0.275. The van der Waals surface area contributed by atoms with Crippen molar-refractivity contribution in [1.82, 2.24) is 0 Å². The molecule has 0 N–H and O–H groups in total. The zero-order valence-corrected chi connectivity index (χ0v) is 14.6. The molecule has 0 bridgehead atoms. The summed E-state index contributed by atoms with van der Waals surface area (Å²) in [6.07, 6.45) is 0. The maximum atomic E-state index is 12.0. The summed E-state index contributed by atoms with van der Waals surface area (Å²) in [5.74, 6) is 0.601. The van der Waals surface area contributed by atoms with Crippen LogP contribution in [-0.4, -0.2) is 5.97 Å². The Balaban J connectivity index is 1.55. The van der Waals surface area contributed by atoms with E-state index in [1.54, 1.807) is 42.5 Å². The largest absolute Gasteiger partial charge is 0.484 e. The topological polar surface area (TPSA) is 48.7 Å². The van der Waals surface area contributed by atoms with Gasteiger partial charge < -0.3 is 13.9 Å². The standard InChI is InChI=1S/C19H14Cl2O4/c20-14-5-3-4-13(10-14)11-24-19(22)18-9-8-15(25-18)12-23-17-7-2-1-6-16(17)21/h1-10H,11-12H2. The highest BCUT2D eigenvalue weighted by atomic mass is 35.5. The van der Waals surface area contributed by atoms with Crippen molar-refractivity contribution in [2.45, 2.75) is 13.2 Å². The van der Waals surface area contributed by atoms with Crippen LogP contribution in [0.4, 0.5) is 0 Å². The van der Waals surface area contributed by atoms with E-state index in [9.17, 15) is 4.79 Å². The van der Waals surface area contributed by atoms with Crippen LogP contribution >= 0.6 is 23.2 Å². The summed E-state index contributed by atoms with van der Waals surface area (Å²) in [5.41, 5.74) is 0.801. The second-order valence-electron chi connectivity index (χ2n) is 5.19. The van der Waals surface area contributed by atoms with Gasteiger partial charge in [-0.15, -0.1) is 0 Å². The van der Waals surface area contributed by atoms with Crippen molar-refractivity contribution < 1.29 is 18.7 Å². The van der Waals surface area contributed by atoms with Gasteiger partial charge in [-0.05, 0) is 42.0 Å². The number of rotatable bonds is 6. The number of carbonyl (C=O) groups is 1. The first kappa shape index (κ1) is 17.4. The van der Waals surface area contributed by atoms with E-state index >= 15 is 0 Å². The van der Waals surface area contributed by atoms with Crippen molar-refractivity contribution in [3.8, 4) is 5.75 Å². The zero-order chi connectivity index (χ0) is 17.6. The minimum absolute atomic E-state index is 0.111.